The van der Waals surface area contributed by atoms with Gasteiger partial charge in [-0.2, -0.15) is 0 Å². The molecule has 1 saturated carbocycles. The number of anilines is 1. The molecular weight excluding hydrogens is 498 g/mol. The zero-order valence-corrected chi connectivity index (χ0v) is 22.2. The standard InChI is InChI=1S/C30H31N3O6/c1-29(2,3)39-28(37)32-30(14-7-15-30)21-12-10-20(11-13-21)26-22(19-8-5-4-6-9-19)16-23-27(31-26)38-18-24(34)33(23)17-25(35)36/h4-6,8-13,16H,7,14-15,17-18H2,1-3H3,(H,32,37)(H,35,36). The maximum Gasteiger partial charge on any atom is 0.408 e. The van der Waals surface area contributed by atoms with E-state index in [1.165, 1.54) is 4.90 Å². The Balaban J connectivity index is 1.53. The largest absolute Gasteiger partial charge is 0.480 e. The molecule has 5 rings (SSSR count). The number of aliphatic carboxylic acids is 1. The number of aromatic nitrogens is 1. The highest BCUT2D eigenvalue weighted by Gasteiger charge is 2.41. The van der Waals surface area contributed by atoms with Crippen molar-refractivity contribution in [3.8, 4) is 28.3 Å². The predicted molar refractivity (Wildman–Crippen MR) is 145 cm³/mol. The zero-order chi connectivity index (χ0) is 27.8. The van der Waals surface area contributed by atoms with Crippen LogP contribution in [-0.4, -0.2) is 46.8 Å². The van der Waals surface area contributed by atoms with Gasteiger partial charge in [-0.25, -0.2) is 9.78 Å². The van der Waals surface area contributed by atoms with Crippen LogP contribution in [0.1, 0.15) is 45.6 Å². The van der Waals surface area contributed by atoms with Crippen LogP contribution in [-0.2, 0) is 19.9 Å². The Bertz CT molecular complexity index is 1410. The molecule has 0 saturated heterocycles. The van der Waals surface area contributed by atoms with E-state index >= 15 is 0 Å². The van der Waals surface area contributed by atoms with Crippen molar-refractivity contribution >= 4 is 23.7 Å². The molecule has 0 radical (unpaired) electrons. The van der Waals surface area contributed by atoms with Crippen LogP contribution in [0.4, 0.5) is 10.5 Å². The molecule has 1 fully saturated rings. The Morgan fingerprint density at radius 3 is 2.36 bits per heavy atom. The van der Waals surface area contributed by atoms with Crippen molar-refractivity contribution in [2.45, 2.75) is 51.2 Å². The second-order valence-electron chi connectivity index (χ2n) is 10.9. The number of hydrogen-bond acceptors (Lipinski definition) is 6. The molecule has 0 bridgehead atoms. The molecule has 3 aromatic rings. The third-order valence-corrected chi connectivity index (χ3v) is 6.93. The van der Waals surface area contributed by atoms with Gasteiger partial charge < -0.3 is 19.9 Å². The normalized spacial score (nSPS) is 16.0. The molecule has 9 nitrogen and oxygen atoms in total. The SMILES string of the molecule is CC(C)(C)OC(=O)NC1(c2ccc(-c3nc4c(cc3-c3ccccc3)N(CC(=O)O)C(=O)CO4)cc2)CCC1. The Morgan fingerprint density at radius 2 is 1.77 bits per heavy atom. The maximum absolute atomic E-state index is 12.6. The van der Waals surface area contributed by atoms with Crippen LogP contribution in [0.15, 0.2) is 60.7 Å². The number of nitrogens with zero attached hydrogens (tertiary/aromatic N) is 2. The van der Waals surface area contributed by atoms with Gasteiger partial charge in [0.2, 0.25) is 5.88 Å². The molecule has 1 aliphatic carbocycles. The van der Waals surface area contributed by atoms with E-state index in [0.29, 0.717) is 11.4 Å². The summed E-state index contributed by atoms with van der Waals surface area (Å²) in [5.41, 5.74) is 3.30. The van der Waals surface area contributed by atoms with Crippen molar-refractivity contribution in [3.63, 3.8) is 0 Å². The third-order valence-electron chi connectivity index (χ3n) is 6.93. The topological polar surface area (TPSA) is 118 Å². The molecule has 39 heavy (non-hydrogen) atoms. The summed E-state index contributed by atoms with van der Waals surface area (Å²) in [4.78, 5) is 42.5. The molecule has 2 heterocycles. The first-order chi connectivity index (χ1) is 18.5. The highest BCUT2D eigenvalue weighted by Crippen LogP contribution is 2.44. The van der Waals surface area contributed by atoms with Crippen molar-refractivity contribution in [1.29, 1.82) is 0 Å². The minimum absolute atomic E-state index is 0.205. The van der Waals surface area contributed by atoms with Gasteiger partial charge in [0.05, 0.1) is 11.2 Å². The van der Waals surface area contributed by atoms with Gasteiger partial charge >= 0.3 is 12.1 Å². The van der Waals surface area contributed by atoms with Gasteiger partial charge in [-0.05, 0) is 57.2 Å². The number of alkyl carbamates (subject to hydrolysis) is 1. The lowest BCUT2D eigenvalue weighted by molar-refractivity contribution is -0.137. The summed E-state index contributed by atoms with van der Waals surface area (Å²) in [6.07, 6.45) is 2.20. The molecule has 2 amide bonds. The minimum atomic E-state index is -1.12. The van der Waals surface area contributed by atoms with Gasteiger partial charge in [-0.1, -0.05) is 54.6 Å². The number of carbonyl (C=O) groups is 3. The summed E-state index contributed by atoms with van der Waals surface area (Å²) in [6.45, 7) is 4.75. The highest BCUT2D eigenvalue weighted by molar-refractivity contribution is 6.02. The summed E-state index contributed by atoms with van der Waals surface area (Å²) < 4.78 is 11.1. The molecule has 1 aromatic heterocycles. The second-order valence-corrected chi connectivity index (χ2v) is 10.9. The number of ether oxygens (including phenoxy) is 2. The van der Waals surface area contributed by atoms with E-state index in [1.807, 2.05) is 75.4 Å². The molecule has 1 aliphatic heterocycles. The lowest BCUT2D eigenvalue weighted by Crippen LogP contribution is -2.52. The first kappa shape index (κ1) is 26.2. The molecule has 9 heteroatoms. The van der Waals surface area contributed by atoms with E-state index in [1.54, 1.807) is 6.07 Å². The summed E-state index contributed by atoms with van der Waals surface area (Å²) in [5, 5.41) is 12.4. The molecular formula is C30H31N3O6. The molecule has 2 aliphatic rings. The van der Waals surface area contributed by atoms with Gasteiger partial charge in [0.1, 0.15) is 17.8 Å². The van der Waals surface area contributed by atoms with Gasteiger partial charge in [0.15, 0.2) is 6.61 Å². The average Bonchev–Trinajstić information content (AvgIpc) is 2.87. The van der Waals surface area contributed by atoms with Crippen LogP contribution in [0.25, 0.3) is 22.4 Å². The number of benzene rings is 2. The molecule has 2 aromatic carbocycles. The van der Waals surface area contributed by atoms with Crippen molar-refractivity contribution in [2.24, 2.45) is 0 Å². The van der Waals surface area contributed by atoms with Crippen LogP contribution >= 0.6 is 0 Å². The summed E-state index contributed by atoms with van der Waals surface area (Å²) in [5.74, 6) is -1.36. The lowest BCUT2D eigenvalue weighted by atomic mass is 9.71. The van der Waals surface area contributed by atoms with Gasteiger partial charge in [-0.3, -0.25) is 14.5 Å². The van der Waals surface area contributed by atoms with Crippen LogP contribution < -0.4 is 15.0 Å². The smallest absolute Gasteiger partial charge is 0.408 e. The summed E-state index contributed by atoms with van der Waals surface area (Å²) in [6, 6.07) is 19.2. The number of pyridine rings is 1. The molecule has 0 atom stereocenters. The molecule has 202 valence electrons. The van der Waals surface area contributed by atoms with E-state index in [4.69, 9.17) is 14.5 Å². The number of carboxylic acids is 1. The Kier molecular flexibility index (Phi) is 6.76. The number of fused-ring (bicyclic) bond motifs is 1. The number of nitrogens with one attached hydrogen (secondary N) is 1. The Labute approximate surface area is 226 Å². The van der Waals surface area contributed by atoms with E-state index in [2.05, 4.69) is 5.32 Å². The average molecular weight is 530 g/mol. The summed E-state index contributed by atoms with van der Waals surface area (Å²) >= 11 is 0. The van der Waals surface area contributed by atoms with Crippen molar-refractivity contribution in [2.75, 3.05) is 18.1 Å². The number of carboxylic acid groups (broad SMARTS) is 1. The van der Waals surface area contributed by atoms with Gasteiger partial charge in [0.25, 0.3) is 5.91 Å². The zero-order valence-electron chi connectivity index (χ0n) is 22.2. The minimum Gasteiger partial charge on any atom is -0.480 e. The Hall–Kier alpha value is -4.40. The maximum atomic E-state index is 12.6. The van der Waals surface area contributed by atoms with Crippen LogP contribution in [0.3, 0.4) is 0 Å². The fourth-order valence-corrected chi connectivity index (χ4v) is 4.96. The summed E-state index contributed by atoms with van der Waals surface area (Å²) in [7, 11) is 0. The van der Waals surface area contributed by atoms with Crippen molar-refractivity contribution in [1.82, 2.24) is 10.3 Å². The second kappa shape index (κ2) is 10.1. The highest BCUT2D eigenvalue weighted by atomic mass is 16.6. The predicted octanol–water partition coefficient (Wildman–Crippen LogP) is 5.13. The van der Waals surface area contributed by atoms with E-state index in [-0.39, 0.29) is 12.5 Å². The quantitative estimate of drug-likeness (QED) is 0.454. The van der Waals surface area contributed by atoms with Crippen LogP contribution in [0.5, 0.6) is 5.88 Å². The van der Waals surface area contributed by atoms with Gasteiger partial charge in [0, 0.05) is 11.1 Å². The van der Waals surface area contributed by atoms with Gasteiger partial charge in [-0.15, -0.1) is 0 Å². The van der Waals surface area contributed by atoms with E-state index in [9.17, 15) is 19.5 Å². The fraction of sp³-hybridized carbons (Fsp3) is 0.333. The number of amides is 2. The Morgan fingerprint density at radius 1 is 1.08 bits per heavy atom. The molecule has 2 N–H and O–H groups in total. The first-order valence-electron chi connectivity index (χ1n) is 12.9. The number of carbonyl (C=O) groups excluding carboxylic acids is 2. The third kappa shape index (κ3) is 5.43. The van der Waals surface area contributed by atoms with Crippen LogP contribution in [0, 0.1) is 0 Å². The monoisotopic (exact) mass is 529 g/mol. The number of rotatable bonds is 6. The van der Waals surface area contributed by atoms with Crippen molar-refractivity contribution in [3.05, 3.63) is 66.2 Å². The van der Waals surface area contributed by atoms with Crippen molar-refractivity contribution < 1.29 is 29.0 Å². The van der Waals surface area contributed by atoms with E-state index in [0.717, 1.165) is 41.5 Å². The lowest BCUT2D eigenvalue weighted by Gasteiger charge is -2.43. The number of hydrogen-bond donors (Lipinski definition) is 2. The fourth-order valence-electron chi connectivity index (χ4n) is 4.96. The van der Waals surface area contributed by atoms with E-state index < -0.39 is 35.7 Å². The molecule has 0 unspecified atom stereocenters. The van der Waals surface area contributed by atoms with Crippen LogP contribution in [0.2, 0.25) is 0 Å². The first-order valence-corrected chi connectivity index (χ1v) is 12.9. The molecule has 0 spiro atoms.